The van der Waals surface area contributed by atoms with E-state index in [1.165, 1.54) is 4.90 Å². The average molecular weight is 409 g/mol. The molecule has 0 saturated heterocycles. The maximum atomic E-state index is 12.4. The number of carbonyl (C=O) groups excluding carboxylic acids is 2. The van der Waals surface area contributed by atoms with E-state index in [1.54, 1.807) is 45.5 Å². The van der Waals surface area contributed by atoms with Gasteiger partial charge in [0.05, 0.1) is 13.7 Å². The number of ether oxygens (including phenoxy) is 2. The van der Waals surface area contributed by atoms with Gasteiger partial charge >= 0.3 is 0 Å². The van der Waals surface area contributed by atoms with Gasteiger partial charge in [0.25, 0.3) is 11.8 Å². The minimum absolute atomic E-state index is 0.0930. The molecule has 1 aromatic heterocycles. The molecule has 3 rings (SSSR count). The molecule has 2 aromatic carbocycles. The number of nitrogens with one attached hydrogen (secondary N) is 2. The van der Waals surface area contributed by atoms with Gasteiger partial charge in [-0.1, -0.05) is 6.07 Å². The highest BCUT2D eigenvalue weighted by molar-refractivity contribution is 5.94. The van der Waals surface area contributed by atoms with Crippen molar-refractivity contribution in [3.8, 4) is 22.9 Å². The second-order valence-electron chi connectivity index (χ2n) is 6.62. The molecule has 156 valence electrons. The summed E-state index contributed by atoms with van der Waals surface area (Å²) in [6.45, 7) is 0.0937. The van der Waals surface area contributed by atoms with Crippen molar-refractivity contribution in [2.75, 3.05) is 27.8 Å². The predicted octanol–water partition coefficient (Wildman–Crippen LogP) is 1.88. The van der Waals surface area contributed by atoms with Crippen LogP contribution in [0.1, 0.15) is 16.2 Å². The summed E-state index contributed by atoms with van der Waals surface area (Å²) in [5.74, 6) is 1.80. The Balaban J connectivity index is 1.57. The van der Waals surface area contributed by atoms with Crippen LogP contribution in [0.5, 0.6) is 11.5 Å². The quantitative estimate of drug-likeness (QED) is 0.588. The molecule has 0 spiro atoms. The molecule has 0 aliphatic carbocycles. The van der Waals surface area contributed by atoms with Gasteiger partial charge in [-0.2, -0.15) is 5.10 Å². The lowest BCUT2D eigenvalue weighted by Crippen LogP contribution is -2.27. The van der Waals surface area contributed by atoms with Crippen LogP contribution in [0.3, 0.4) is 0 Å². The van der Waals surface area contributed by atoms with E-state index in [-0.39, 0.29) is 25.0 Å². The molecule has 30 heavy (non-hydrogen) atoms. The fourth-order valence-electron chi connectivity index (χ4n) is 2.51. The van der Waals surface area contributed by atoms with E-state index < -0.39 is 0 Å². The van der Waals surface area contributed by atoms with Crippen molar-refractivity contribution < 1.29 is 19.1 Å². The van der Waals surface area contributed by atoms with Crippen LogP contribution in [0.4, 0.5) is 0 Å². The van der Waals surface area contributed by atoms with E-state index >= 15 is 0 Å². The molecule has 2 N–H and O–H groups in total. The summed E-state index contributed by atoms with van der Waals surface area (Å²) in [5.41, 5.74) is 1.25. The van der Waals surface area contributed by atoms with Crippen LogP contribution >= 0.6 is 0 Å². The van der Waals surface area contributed by atoms with E-state index in [0.29, 0.717) is 23.0 Å². The van der Waals surface area contributed by atoms with Gasteiger partial charge in [0.2, 0.25) is 0 Å². The Morgan fingerprint density at radius 3 is 2.57 bits per heavy atom. The van der Waals surface area contributed by atoms with Crippen LogP contribution in [0, 0.1) is 0 Å². The summed E-state index contributed by atoms with van der Waals surface area (Å²) >= 11 is 0. The van der Waals surface area contributed by atoms with Crippen molar-refractivity contribution in [2.24, 2.45) is 0 Å². The highest BCUT2D eigenvalue weighted by Crippen LogP contribution is 2.19. The summed E-state index contributed by atoms with van der Waals surface area (Å²) in [6, 6.07) is 14.0. The largest absolute Gasteiger partial charge is 0.497 e. The zero-order chi connectivity index (χ0) is 21.5. The molecule has 0 saturated carbocycles. The number of rotatable bonds is 8. The SMILES string of the molecule is COc1ccc(-c2n[nH]c(CNC(=O)c3cccc(OCC(=O)N(C)C)c3)n2)cc1. The molecule has 0 radical (unpaired) electrons. The molecule has 0 atom stereocenters. The number of likely N-dealkylation sites (N-methyl/N-ethyl adjacent to an activating group) is 1. The standard InChI is InChI=1S/C21H23N5O4/c1-26(2)19(27)13-30-17-6-4-5-15(11-17)21(28)22-12-18-23-20(25-24-18)14-7-9-16(29-3)10-8-14/h4-11H,12-13H2,1-3H3,(H,22,28)(H,23,24,25). The Bertz CT molecular complexity index is 1010. The first kappa shape index (κ1) is 20.8. The highest BCUT2D eigenvalue weighted by atomic mass is 16.5. The average Bonchev–Trinajstić information content (AvgIpc) is 3.25. The zero-order valence-corrected chi connectivity index (χ0v) is 17.0. The minimum atomic E-state index is -0.290. The Kier molecular flexibility index (Phi) is 6.63. The Labute approximate surface area is 174 Å². The number of nitrogens with zero attached hydrogens (tertiary/aromatic N) is 3. The molecule has 0 aliphatic heterocycles. The third-order valence-electron chi connectivity index (χ3n) is 4.25. The summed E-state index contributed by atoms with van der Waals surface area (Å²) in [5, 5.41) is 9.78. The van der Waals surface area contributed by atoms with Crippen LogP contribution in [0.2, 0.25) is 0 Å². The number of H-pyrrole nitrogens is 1. The maximum absolute atomic E-state index is 12.4. The summed E-state index contributed by atoms with van der Waals surface area (Å²) in [6.07, 6.45) is 0. The van der Waals surface area contributed by atoms with Gasteiger partial charge in [0.1, 0.15) is 17.3 Å². The fourth-order valence-corrected chi connectivity index (χ4v) is 2.51. The molecule has 0 aliphatic rings. The van der Waals surface area contributed by atoms with Crippen molar-refractivity contribution in [1.29, 1.82) is 0 Å². The summed E-state index contributed by atoms with van der Waals surface area (Å²) in [7, 11) is 4.91. The molecule has 0 unspecified atom stereocenters. The Morgan fingerprint density at radius 2 is 1.87 bits per heavy atom. The molecule has 1 heterocycles. The van der Waals surface area contributed by atoms with Crippen LogP contribution in [0.25, 0.3) is 11.4 Å². The topological polar surface area (TPSA) is 109 Å². The third-order valence-corrected chi connectivity index (χ3v) is 4.25. The Morgan fingerprint density at radius 1 is 1.10 bits per heavy atom. The molecular weight excluding hydrogens is 386 g/mol. The second kappa shape index (κ2) is 9.55. The van der Waals surface area contributed by atoms with E-state index in [0.717, 1.165) is 11.3 Å². The molecule has 9 nitrogen and oxygen atoms in total. The fraction of sp³-hybridized carbons (Fsp3) is 0.238. The maximum Gasteiger partial charge on any atom is 0.259 e. The second-order valence-corrected chi connectivity index (χ2v) is 6.62. The number of hydrogen-bond donors (Lipinski definition) is 2. The molecule has 3 aromatic rings. The minimum Gasteiger partial charge on any atom is -0.497 e. The van der Waals surface area contributed by atoms with Crippen molar-refractivity contribution in [3.63, 3.8) is 0 Å². The first-order chi connectivity index (χ1) is 14.5. The third kappa shape index (κ3) is 5.34. The molecule has 9 heteroatoms. The van der Waals surface area contributed by atoms with Crippen LogP contribution in [-0.2, 0) is 11.3 Å². The number of aromatic nitrogens is 3. The highest BCUT2D eigenvalue weighted by Gasteiger charge is 2.11. The lowest BCUT2D eigenvalue weighted by molar-refractivity contribution is -0.130. The van der Waals surface area contributed by atoms with Crippen molar-refractivity contribution in [1.82, 2.24) is 25.4 Å². The smallest absolute Gasteiger partial charge is 0.259 e. The van der Waals surface area contributed by atoms with Crippen molar-refractivity contribution >= 4 is 11.8 Å². The summed E-state index contributed by atoms with van der Waals surface area (Å²) < 4.78 is 10.6. The van der Waals surface area contributed by atoms with Crippen LogP contribution in [0.15, 0.2) is 48.5 Å². The number of aromatic amines is 1. The normalized spacial score (nSPS) is 10.4. The molecule has 2 amide bonds. The monoisotopic (exact) mass is 409 g/mol. The summed E-state index contributed by atoms with van der Waals surface area (Å²) in [4.78, 5) is 29.9. The number of amides is 2. The van der Waals surface area contributed by atoms with Crippen molar-refractivity contribution in [2.45, 2.75) is 6.54 Å². The Hall–Kier alpha value is -3.88. The van der Waals surface area contributed by atoms with Crippen LogP contribution in [-0.4, -0.2) is 59.7 Å². The van der Waals surface area contributed by atoms with E-state index in [2.05, 4.69) is 20.5 Å². The van der Waals surface area contributed by atoms with Gasteiger partial charge in [0.15, 0.2) is 12.4 Å². The first-order valence-corrected chi connectivity index (χ1v) is 9.23. The van der Waals surface area contributed by atoms with Gasteiger partial charge in [-0.15, -0.1) is 0 Å². The lowest BCUT2D eigenvalue weighted by Gasteiger charge is -2.12. The van der Waals surface area contributed by atoms with Gasteiger partial charge in [-0.05, 0) is 42.5 Å². The molecule has 0 fully saturated rings. The van der Waals surface area contributed by atoms with E-state index in [4.69, 9.17) is 9.47 Å². The van der Waals surface area contributed by atoms with Crippen molar-refractivity contribution in [3.05, 3.63) is 59.9 Å². The van der Waals surface area contributed by atoms with E-state index in [1.807, 2.05) is 24.3 Å². The number of hydrogen-bond acceptors (Lipinski definition) is 6. The van der Waals surface area contributed by atoms with Gasteiger partial charge < -0.3 is 19.7 Å². The molecule has 0 bridgehead atoms. The zero-order valence-electron chi connectivity index (χ0n) is 17.0. The first-order valence-electron chi connectivity index (χ1n) is 9.23. The van der Waals surface area contributed by atoms with Crippen LogP contribution < -0.4 is 14.8 Å². The predicted molar refractivity (Wildman–Crippen MR) is 110 cm³/mol. The molecular formula is C21H23N5O4. The van der Waals surface area contributed by atoms with Gasteiger partial charge in [0, 0.05) is 25.2 Å². The number of benzene rings is 2. The van der Waals surface area contributed by atoms with Gasteiger partial charge in [-0.25, -0.2) is 4.98 Å². The van der Waals surface area contributed by atoms with Gasteiger partial charge in [-0.3, -0.25) is 14.7 Å². The number of carbonyl (C=O) groups is 2. The number of methoxy groups -OCH3 is 1. The van der Waals surface area contributed by atoms with E-state index in [9.17, 15) is 9.59 Å². The lowest BCUT2D eigenvalue weighted by atomic mass is 10.2.